The third-order valence-corrected chi connectivity index (χ3v) is 7.06. The van der Waals surface area contributed by atoms with E-state index in [0.29, 0.717) is 25.3 Å². The van der Waals surface area contributed by atoms with Crippen LogP contribution in [-0.4, -0.2) is 66.8 Å². The summed E-state index contributed by atoms with van der Waals surface area (Å²) in [5, 5.41) is 14.2. The predicted octanol–water partition coefficient (Wildman–Crippen LogP) is 3.49. The minimum atomic E-state index is -0.268. The molecule has 35 heavy (non-hydrogen) atoms. The molecule has 0 spiro atoms. The number of carbonyl (C=O) groups excluding carboxylic acids is 1. The molecule has 3 heterocycles. The number of piperidine rings is 1. The van der Waals surface area contributed by atoms with Crippen LogP contribution < -0.4 is 10.2 Å². The van der Waals surface area contributed by atoms with Gasteiger partial charge in [0.2, 0.25) is 5.91 Å². The number of hydrogen-bond acceptors (Lipinski definition) is 6. The second-order valence-corrected chi connectivity index (χ2v) is 9.24. The number of halogens is 1. The van der Waals surface area contributed by atoms with Gasteiger partial charge in [-0.2, -0.15) is 0 Å². The number of para-hydroxylation sites is 1. The maximum Gasteiger partial charge on any atom is 0.223 e. The lowest BCUT2D eigenvalue weighted by Gasteiger charge is -2.36. The van der Waals surface area contributed by atoms with Crippen LogP contribution in [0.3, 0.4) is 0 Å². The van der Waals surface area contributed by atoms with Crippen LogP contribution in [0.25, 0.3) is 10.9 Å². The van der Waals surface area contributed by atoms with E-state index in [4.69, 9.17) is 4.74 Å². The molecule has 1 amide bonds. The number of benzene rings is 2. The number of carbonyl (C=O) groups is 1. The number of aromatic hydroxyl groups is 1. The monoisotopic (exact) mass is 478 g/mol. The minimum Gasteiger partial charge on any atom is -0.506 e. The summed E-state index contributed by atoms with van der Waals surface area (Å²) >= 11 is 0. The van der Waals surface area contributed by atoms with Crippen molar-refractivity contribution in [3.05, 3.63) is 66.0 Å². The number of nitrogens with zero attached hydrogens (tertiary/aromatic N) is 3. The van der Waals surface area contributed by atoms with Gasteiger partial charge >= 0.3 is 0 Å². The first-order valence-corrected chi connectivity index (χ1v) is 12.3. The van der Waals surface area contributed by atoms with Crippen LogP contribution in [0.4, 0.5) is 10.2 Å². The van der Waals surface area contributed by atoms with Gasteiger partial charge in [0.15, 0.2) is 0 Å². The summed E-state index contributed by atoms with van der Waals surface area (Å²) in [6.45, 7) is 4.67. The molecule has 5 rings (SSSR count). The van der Waals surface area contributed by atoms with E-state index in [2.05, 4.69) is 20.1 Å². The van der Waals surface area contributed by atoms with Crippen molar-refractivity contribution in [3.8, 4) is 5.75 Å². The fourth-order valence-electron chi connectivity index (χ4n) is 5.07. The second kappa shape index (κ2) is 10.6. The van der Waals surface area contributed by atoms with Crippen molar-refractivity contribution in [2.24, 2.45) is 5.92 Å². The van der Waals surface area contributed by atoms with Crippen molar-refractivity contribution in [2.45, 2.75) is 18.9 Å². The average Bonchev–Trinajstić information content (AvgIpc) is 2.90. The lowest BCUT2D eigenvalue weighted by molar-refractivity contribution is -0.126. The van der Waals surface area contributed by atoms with E-state index >= 15 is 0 Å². The molecule has 3 aromatic rings. The number of nitrogens with one attached hydrogen (secondary N) is 1. The summed E-state index contributed by atoms with van der Waals surface area (Å²) in [6, 6.07) is 15.9. The van der Waals surface area contributed by atoms with E-state index in [0.717, 1.165) is 55.8 Å². The molecule has 0 bridgehead atoms. The quantitative estimate of drug-likeness (QED) is 0.565. The van der Waals surface area contributed by atoms with E-state index in [1.807, 2.05) is 24.3 Å². The van der Waals surface area contributed by atoms with Gasteiger partial charge < -0.3 is 20.1 Å². The molecule has 2 N–H and O–H groups in total. The van der Waals surface area contributed by atoms with Gasteiger partial charge in [0.25, 0.3) is 0 Å². The number of aromatic nitrogens is 1. The highest BCUT2D eigenvalue weighted by Gasteiger charge is 2.28. The van der Waals surface area contributed by atoms with Crippen LogP contribution in [0.2, 0.25) is 0 Å². The number of phenolic OH excluding ortho intramolecular Hbond substituents is 1. The van der Waals surface area contributed by atoms with Gasteiger partial charge in [-0.3, -0.25) is 9.69 Å². The Labute approximate surface area is 204 Å². The number of fused-ring (bicyclic) bond motifs is 1. The van der Waals surface area contributed by atoms with E-state index in [-0.39, 0.29) is 29.4 Å². The van der Waals surface area contributed by atoms with Crippen molar-refractivity contribution >= 4 is 22.6 Å². The molecular formula is C27H31FN4O3. The van der Waals surface area contributed by atoms with Crippen LogP contribution in [0.5, 0.6) is 5.75 Å². The molecule has 184 valence electrons. The summed E-state index contributed by atoms with van der Waals surface area (Å²) in [5.41, 5.74) is 1.46. The maximum absolute atomic E-state index is 13.9. The molecule has 0 saturated carbocycles. The van der Waals surface area contributed by atoms with Crippen molar-refractivity contribution in [1.82, 2.24) is 15.2 Å². The first-order chi connectivity index (χ1) is 17.1. The highest BCUT2D eigenvalue weighted by molar-refractivity contribution is 5.85. The Morgan fingerprint density at radius 1 is 1.09 bits per heavy atom. The van der Waals surface area contributed by atoms with Crippen molar-refractivity contribution < 1.29 is 19.0 Å². The average molecular weight is 479 g/mol. The van der Waals surface area contributed by atoms with Gasteiger partial charge in [-0.15, -0.1) is 0 Å². The van der Waals surface area contributed by atoms with Crippen molar-refractivity contribution in [1.29, 1.82) is 0 Å². The van der Waals surface area contributed by atoms with Gasteiger partial charge in [0.05, 0.1) is 19.3 Å². The summed E-state index contributed by atoms with van der Waals surface area (Å²) in [5.74, 6) is 0.694. The maximum atomic E-state index is 13.9. The van der Waals surface area contributed by atoms with Gasteiger partial charge in [0.1, 0.15) is 22.9 Å². The summed E-state index contributed by atoms with van der Waals surface area (Å²) in [7, 11) is 0. The lowest BCUT2D eigenvalue weighted by atomic mass is 9.95. The molecule has 1 aromatic heterocycles. The highest BCUT2D eigenvalue weighted by Crippen LogP contribution is 2.28. The van der Waals surface area contributed by atoms with Gasteiger partial charge in [-0.1, -0.05) is 24.3 Å². The first-order valence-electron chi connectivity index (χ1n) is 12.3. The second-order valence-electron chi connectivity index (χ2n) is 9.24. The number of morpholine rings is 1. The number of hydrogen-bond donors (Lipinski definition) is 2. The van der Waals surface area contributed by atoms with Crippen LogP contribution >= 0.6 is 0 Å². The molecule has 0 radical (unpaired) electrons. The van der Waals surface area contributed by atoms with Crippen molar-refractivity contribution in [3.63, 3.8) is 0 Å². The van der Waals surface area contributed by atoms with Crippen LogP contribution in [0.1, 0.15) is 24.4 Å². The summed E-state index contributed by atoms with van der Waals surface area (Å²) < 4.78 is 19.4. The third-order valence-electron chi connectivity index (χ3n) is 7.06. The normalized spacial score (nSPS) is 18.5. The third kappa shape index (κ3) is 5.39. The molecular weight excluding hydrogens is 447 g/mol. The van der Waals surface area contributed by atoms with E-state index in [9.17, 15) is 14.3 Å². The standard InChI is InChI=1S/C27H31FN4O3/c28-22-5-1-4-21(17-22)23(31-13-15-35-16-14-31)18-29-27(34)20-9-11-32(12-10-20)25-8-7-19-3-2-6-24(33)26(19)30-25/h1-8,17,20,23,33H,9-16,18H2,(H,29,34). The number of amides is 1. The molecule has 2 aliphatic rings. The molecule has 1 atom stereocenters. The van der Waals surface area contributed by atoms with Gasteiger partial charge in [-0.05, 0) is 48.7 Å². The molecule has 2 saturated heterocycles. The number of ether oxygens (including phenoxy) is 1. The Morgan fingerprint density at radius 3 is 2.63 bits per heavy atom. The first kappa shape index (κ1) is 23.5. The Balaban J connectivity index is 1.20. The number of phenols is 1. The number of pyridine rings is 1. The minimum absolute atomic E-state index is 0.0448. The molecule has 8 heteroatoms. The zero-order valence-corrected chi connectivity index (χ0v) is 19.7. The van der Waals surface area contributed by atoms with E-state index < -0.39 is 0 Å². The molecule has 7 nitrogen and oxygen atoms in total. The van der Waals surface area contributed by atoms with Crippen LogP contribution in [-0.2, 0) is 9.53 Å². The van der Waals surface area contributed by atoms with E-state index in [1.54, 1.807) is 24.3 Å². The zero-order valence-electron chi connectivity index (χ0n) is 19.7. The SMILES string of the molecule is O=C(NCC(c1cccc(F)c1)N1CCOCC1)C1CCN(c2ccc3cccc(O)c3n2)CC1. The van der Waals surface area contributed by atoms with Crippen LogP contribution in [0.15, 0.2) is 54.6 Å². The molecule has 2 aliphatic heterocycles. The Morgan fingerprint density at radius 2 is 1.86 bits per heavy atom. The van der Waals surface area contributed by atoms with Crippen LogP contribution in [0, 0.1) is 11.7 Å². The molecule has 2 aromatic carbocycles. The predicted molar refractivity (Wildman–Crippen MR) is 133 cm³/mol. The Hall–Kier alpha value is -3.23. The number of rotatable bonds is 6. The smallest absolute Gasteiger partial charge is 0.223 e. The summed E-state index contributed by atoms with van der Waals surface area (Å²) in [4.78, 5) is 22.1. The highest BCUT2D eigenvalue weighted by atomic mass is 19.1. The Kier molecular flexibility index (Phi) is 7.11. The molecule has 0 aliphatic carbocycles. The molecule has 2 fully saturated rings. The lowest BCUT2D eigenvalue weighted by Crippen LogP contribution is -2.46. The number of anilines is 1. The van der Waals surface area contributed by atoms with Gasteiger partial charge in [-0.25, -0.2) is 9.37 Å². The largest absolute Gasteiger partial charge is 0.506 e. The Bertz CT molecular complexity index is 1180. The molecule has 1 unspecified atom stereocenters. The fraction of sp³-hybridized carbons (Fsp3) is 0.407. The van der Waals surface area contributed by atoms with Crippen molar-refractivity contribution in [2.75, 3.05) is 50.8 Å². The van der Waals surface area contributed by atoms with Gasteiger partial charge in [0, 0.05) is 44.0 Å². The fourth-order valence-corrected chi connectivity index (χ4v) is 5.07. The van der Waals surface area contributed by atoms with E-state index in [1.165, 1.54) is 6.07 Å². The zero-order chi connectivity index (χ0) is 24.2. The topological polar surface area (TPSA) is 77.9 Å². The summed E-state index contributed by atoms with van der Waals surface area (Å²) in [6.07, 6.45) is 1.46.